The van der Waals surface area contributed by atoms with Gasteiger partial charge >= 0.3 is 0 Å². The molecule has 2 aromatic rings. The highest BCUT2D eigenvalue weighted by Gasteiger charge is 2.11. The van der Waals surface area contributed by atoms with Crippen molar-refractivity contribution in [3.8, 4) is 0 Å². The molecule has 2 N–H and O–H groups in total. The summed E-state index contributed by atoms with van der Waals surface area (Å²) >= 11 is 0. The van der Waals surface area contributed by atoms with Crippen LogP contribution in [0.4, 0.5) is 0 Å². The summed E-state index contributed by atoms with van der Waals surface area (Å²) in [6, 6.07) is 10.7. The summed E-state index contributed by atoms with van der Waals surface area (Å²) in [5.74, 6) is 0. The van der Waals surface area contributed by atoms with E-state index in [-0.39, 0.29) is 6.04 Å². The molecular weight excluding hydrogens is 222 g/mol. The van der Waals surface area contributed by atoms with Crippen LogP contribution in [0.5, 0.6) is 0 Å². The molecule has 1 aromatic heterocycles. The van der Waals surface area contributed by atoms with Gasteiger partial charge in [0.15, 0.2) is 0 Å². The van der Waals surface area contributed by atoms with Gasteiger partial charge in [-0.3, -0.25) is 4.68 Å². The normalized spacial score (nSPS) is 12.6. The summed E-state index contributed by atoms with van der Waals surface area (Å²) in [6.45, 7) is 2.02. The standard InChI is InChI=1S/C15H21N3/c1-12-14(11-18(2)17-12)15(16)10-6-9-13-7-4-3-5-8-13/h3-5,7-8,11,15H,6,9-10,16H2,1-2H3. The second-order valence-electron chi connectivity index (χ2n) is 4.83. The van der Waals surface area contributed by atoms with E-state index in [1.54, 1.807) is 0 Å². The van der Waals surface area contributed by atoms with Gasteiger partial charge in [-0.15, -0.1) is 0 Å². The van der Waals surface area contributed by atoms with Gasteiger partial charge in [-0.1, -0.05) is 30.3 Å². The molecule has 0 aliphatic heterocycles. The zero-order chi connectivity index (χ0) is 13.0. The second kappa shape index (κ2) is 5.83. The molecule has 0 bridgehead atoms. The number of hydrogen-bond donors (Lipinski definition) is 1. The molecule has 1 aromatic carbocycles. The van der Waals surface area contributed by atoms with Crippen molar-refractivity contribution in [1.29, 1.82) is 0 Å². The van der Waals surface area contributed by atoms with Crippen LogP contribution in [-0.2, 0) is 13.5 Å². The van der Waals surface area contributed by atoms with Crippen LogP contribution >= 0.6 is 0 Å². The van der Waals surface area contributed by atoms with E-state index in [2.05, 4.69) is 29.4 Å². The van der Waals surface area contributed by atoms with Crippen LogP contribution in [-0.4, -0.2) is 9.78 Å². The molecule has 0 radical (unpaired) electrons. The summed E-state index contributed by atoms with van der Waals surface area (Å²) in [6.07, 6.45) is 5.23. The zero-order valence-electron chi connectivity index (χ0n) is 11.1. The van der Waals surface area contributed by atoms with Crippen molar-refractivity contribution in [1.82, 2.24) is 9.78 Å². The third-order valence-electron chi connectivity index (χ3n) is 3.27. The summed E-state index contributed by atoms with van der Waals surface area (Å²) in [5, 5.41) is 4.34. The van der Waals surface area contributed by atoms with E-state index in [1.807, 2.05) is 30.9 Å². The van der Waals surface area contributed by atoms with Gasteiger partial charge in [-0.05, 0) is 31.7 Å². The maximum atomic E-state index is 6.22. The van der Waals surface area contributed by atoms with Crippen molar-refractivity contribution < 1.29 is 0 Å². The van der Waals surface area contributed by atoms with Crippen molar-refractivity contribution in [3.05, 3.63) is 53.3 Å². The van der Waals surface area contributed by atoms with Crippen molar-refractivity contribution in [2.45, 2.75) is 32.2 Å². The van der Waals surface area contributed by atoms with Gasteiger partial charge in [0.05, 0.1) is 5.69 Å². The summed E-state index contributed by atoms with van der Waals surface area (Å²) in [4.78, 5) is 0. The molecule has 0 fully saturated rings. The summed E-state index contributed by atoms with van der Waals surface area (Å²) in [7, 11) is 1.94. The quantitative estimate of drug-likeness (QED) is 0.877. The molecule has 1 heterocycles. The smallest absolute Gasteiger partial charge is 0.0641 e. The number of benzene rings is 1. The Hall–Kier alpha value is -1.61. The van der Waals surface area contributed by atoms with Crippen LogP contribution < -0.4 is 5.73 Å². The fourth-order valence-corrected chi connectivity index (χ4v) is 2.31. The average Bonchev–Trinajstić information content (AvgIpc) is 2.70. The third kappa shape index (κ3) is 3.20. The van der Waals surface area contributed by atoms with E-state index in [9.17, 15) is 0 Å². The Kier molecular flexibility index (Phi) is 4.15. The molecule has 0 amide bonds. The molecule has 1 atom stereocenters. The Morgan fingerprint density at radius 1 is 1.28 bits per heavy atom. The van der Waals surface area contributed by atoms with Gasteiger partial charge in [0.2, 0.25) is 0 Å². The Labute approximate surface area is 109 Å². The number of nitrogens with two attached hydrogens (primary N) is 1. The van der Waals surface area contributed by atoms with E-state index in [0.717, 1.165) is 25.0 Å². The number of aryl methyl sites for hydroxylation is 3. The molecule has 1 unspecified atom stereocenters. The van der Waals surface area contributed by atoms with Gasteiger partial charge in [0.25, 0.3) is 0 Å². The summed E-state index contributed by atoms with van der Waals surface area (Å²) < 4.78 is 1.84. The van der Waals surface area contributed by atoms with E-state index >= 15 is 0 Å². The molecule has 0 spiro atoms. The van der Waals surface area contributed by atoms with Gasteiger partial charge in [-0.25, -0.2) is 0 Å². The fourth-order valence-electron chi connectivity index (χ4n) is 2.31. The van der Waals surface area contributed by atoms with E-state index < -0.39 is 0 Å². The maximum Gasteiger partial charge on any atom is 0.0641 e. The zero-order valence-corrected chi connectivity index (χ0v) is 11.1. The monoisotopic (exact) mass is 243 g/mol. The van der Waals surface area contributed by atoms with Gasteiger partial charge in [-0.2, -0.15) is 5.10 Å². The van der Waals surface area contributed by atoms with Crippen LogP contribution in [0.3, 0.4) is 0 Å². The molecule has 96 valence electrons. The highest BCUT2D eigenvalue weighted by atomic mass is 15.2. The lowest BCUT2D eigenvalue weighted by molar-refractivity contribution is 0.608. The lowest BCUT2D eigenvalue weighted by atomic mass is 10.0. The van der Waals surface area contributed by atoms with Crippen LogP contribution in [0, 0.1) is 6.92 Å². The second-order valence-corrected chi connectivity index (χ2v) is 4.83. The molecule has 0 saturated heterocycles. The number of aromatic nitrogens is 2. The number of hydrogen-bond acceptors (Lipinski definition) is 2. The first-order valence-electron chi connectivity index (χ1n) is 6.46. The Morgan fingerprint density at radius 2 is 2.00 bits per heavy atom. The molecule has 0 aliphatic rings. The Balaban J connectivity index is 1.85. The molecule has 3 nitrogen and oxygen atoms in total. The van der Waals surface area contributed by atoms with Crippen LogP contribution in [0.2, 0.25) is 0 Å². The Morgan fingerprint density at radius 3 is 2.61 bits per heavy atom. The van der Waals surface area contributed by atoms with Crippen molar-refractivity contribution in [3.63, 3.8) is 0 Å². The minimum Gasteiger partial charge on any atom is -0.324 e. The van der Waals surface area contributed by atoms with Crippen LogP contribution in [0.15, 0.2) is 36.5 Å². The largest absolute Gasteiger partial charge is 0.324 e. The van der Waals surface area contributed by atoms with Crippen molar-refractivity contribution >= 4 is 0 Å². The minimum atomic E-state index is 0.0995. The van der Waals surface area contributed by atoms with Crippen LogP contribution in [0.1, 0.15) is 35.7 Å². The first kappa shape index (κ1) is 12.8. The first-order chi connectivity index (χ1) is 8.66. The molecular formula is C15H21N3. The van der Waals surface area contributed by atoms with Crippen molar-refractivity contribution in [2.75, 3.05) is 0 Å². The predicted molar refractivity (Wildman–Crippen MR) is 74.3 cm³/mol. The van der Waals surface area contributed by atoms with Crippen LogP contribution in [0.25, 0.3) is 0 Å². The highest BCUT2D eigenvalue weighted by Crippen LogP contribution is 2.19. The lowest BCUT2D eigenvalue weighted by Crippen LogP contribution is -2.11. The van der Waals surface area contributed by atoms with Gasteiger partial charge in [0, 0.05) is 24.8 Å². The molecule has 18 heavy (non-hydrogen) atoms. The SMILES string of the molecule is Cc1nn(C)cc1C(N)CCCc1ccccc1. The predicted octanol–water partition coefficient (Wildman–Crippen LogP) is 2.75. The van der Waals surface area contributed by atoms with E-state index in [1.165, 1.54) is 11.1 Å². The van der Waals surface area contributed by atoms with E-state index in [4.69, 9.17) is 5.73 Å². The lowest BCUT2D eigenvalue weighted by Gasteiger charge is -2.10. The molecule has 3 heteroatoms. The number of nitrogens with zero attached hydrogens (tertiary/aromatic N) is 2. The topological polar surface area (TPSA) is 43.8 Å². The molecule has 2 rings (SSSR count). The average molecular weight is 243 g/mol. The fraction of sp³-hybridized carbons (Fsp3) is 0.400. The maximum absolute atomic E-state index is 6.22. The third-order valence-corrected chi connectivity index (χ3v) is 3.27. The molecule has 0 aliphatic carbocycles. The molecule has 0 saturated carbocycles. The Bertz CT molecular complexity index is 488. The first-order valence-corrected chi connectivity index (χ1v) is 6.46. The minimum absolute atomic E-state index is 0.0995. The van der Waals surface area contributed by atoms with Gasteiger partial charge in [0.1, 0.15) is 0 Å². The van der Waals surface area contributed by atoms with E-state index in [0.29, 0.717) is 0 Å². The number of rotatable bonds is 5. The van der Waals surface area contributed by atoms with Gasteiger partial charge < -0.3 is 5.73 Å². The van der Waals surface area contributed by atoms with Crippen molar-refractivity contribution in [2.24, 2.45) is 12.8 Å². The highest BCUT2D eigenvalue weighted by molar-refractivity contribution is 5.19. The summed E-state index contributed by atoms with van der Waals surface area (Å²) in [5.41, 5.74) is 9.82.